The van der Waals surface area contributed by atoms with E-state index in [9.17, 15) is 0 Å². The van der Waals surface area contributed by atoms with Crippen molar-refractivity contribution in [3.63, 3.8) is 0 Å². The predicted molar refractivity (Wildman–Crippen MR) is 48.3 cm³/mol. The van der Waals surface area contributed by atoms with Crippen LogP contribution < -0.4 is 0 Å². The molecule has 0 aliphatic heterocycles. The molecule has 2 nitrogen and oxygen atoms in total. The van der Waals surface area contributed by atoms with E-state index in [1.54, 1.807) is 0 Å². The fraction of sp³-hybridized carbons (Fsp3) is 1.00. The van der Waals surface area contributed by atoms with E-state index in [0.29, 0.717) is 0 Å². The Bertz CT molecular complexity index is 91.6. The monoisotopic (exact) mass is 161 g/mol. The van der Waals surface area contributed by atoms with Crippen LogP contribution in [-0.2, 0) is 4.43 Å². The zero-order chi connectivity index (χ0) is 8.20. The molecule has 3 heteroatoms. The molecule has 0 N–H and O–H groups in total. The van der Waals surface area contributed by atoms with Crippen molar-refractivity contribution in [2.75, 3.05) is 20.6 Å². The molecule has 0 aromatic carbocycles. The first-order valence-electron chi connectivity index (χ1n) is 3.74. The maximum atomic E-state index is 5.50. The number of hydrogen-bond acceptors (Lipinski definition) is 2. The molecule has 0 rings (SSSR count). The Balaban J connectivity index is 3.80. The quantitative estimate of drug-likeness (QED) is 0.539. The molecule has 0 heterocycles. The van der Waals surface area contributed by atoms with Crippen LogP contribution in [0.5, 0.6) is 0 Å². The van der Waals surface area contributed by atoms with Crippen LogP contribution in [0.3, 0.4) is 0 Å². The number of hydrogen-bond donors (Lipinski definition) is 0. The predicted octanol–water partition coefficient (Wildman–Crippen LogP) is 0.0137. The summed E-state index contributed by atoms with van der Waals surface area (Å²) < 4.78 is 5.50. The van der Waals surface area contributed by atoms with Gasteiger partial charge in [0.25, 0.3) is 0 Å². The largest absolute Gasteiger partial charge is 0.421 e. The summed E-state index contributed by atoms with van der Waals surface area (Å²) in [6.45, 7) is 5.36. The van der Waals surface area contributed by atoms with Gasteiger partial charge in [0.15, 0.2) is 0 Å². The molecule has 0 aromatic heterocycles. The van der Waals surface area contributed by atoms with Gasteiger partial charge in [-0.25, -0.2) is 0 Å². The van der Waals surface area contributed by atoms with Gasteiger partial charge in [-0.15, -0.1) is 0 Å². The first-order valence-corrected chi connectivity index (χ1v) is 4.55. The third-order valence-corrected chi connectivity index (χ3v) is 2.88. The maximum absolute atomic E-state index is 5.50. The molecule has 0 spiro atoms. The molecule has 0 aliphatic carbocycles. The number of rotatable bonds is 4. The Hall–Kier alpha value is 0.137. The smallest absolute Gasteiger partial charge is 0.146 e. The molecule has 0 radical (unpaired) electrons. The molecule has 1 unspecified atom stereocenters. The highest BCUT2D eigenvalue weighted by Gasteiger charge is 2.20. The lowest BCUT2D eigenvalue weighted by Crippen LogP contribution is -2.38. The summed E-state index contributed by atoms with van der Waals surface area (Å²) in [5, 5.41) is 0. The fourth-order valence-electron chi connectivity index (χ4n) is 0.990. The lowest BCUT2D eigenvalue weighted by Gasteiger charge is -2.30. The Morgan fingerprint density at radius 3 is 2.10 bits per heavy atom. The average molecular weight is 161 g/mol. The van der Waals surface area contributed by atoms with Crippen molar-refractivity contribution in [1.29, 1.82) is 0 Å². The standard InChI is InChI=1S/C7H19NOSi/c1-5-7(2,9-10)6-8(3)4/h5-6H2,1-4,10H3. The van der Waals surface area contributed by atoms with Gasteiger partial charge in [-0.3, -0.25) is 0 Å². The third-order valence-electron chi connectivity index (χ3n) is 1.89. The van der Waals surface area contributed by atoms with Crippen molar-refractivity contribution in [3.05, 3.63) is 0 Å². The molecule has 0 saturated carbocycles. The van der Waals surface area contributed by atoms with E-state index in [2.05, 4.69) is 32.8 Å². The second-order valence-electron chi connectivity index (χ2n) is 3.25. The van der Waals surface area contributed by atoms with Gasteiger partial charge in [0, 0.05) is 6.54 Å². The van der Waals surface area contributed by atoms with Crippen molar-refractivity contribution in [2.24, 2.45) is 0 Å². The van der Waals surface area contributed by atoms with Crippen LogP contribution in [0.4, 0.5) is 0 Å². The molecular weight excluding hydrogens is 142 g/mol. The lowest BCUT2D eigenvalue weighted by atomic mass is 10.0. The van der Waals surface area contributed by atoms with E-state index in [0.717, 1.165) is 23.5 Å². The summed E-state index contributed by atoms with van der Waals surface area (Å²) in [7, 11) is 4.99. The van der Waals surface area contributed by atoms with Gasteiger partial charge < -0.3 is 9.33 Å². The first-order chi connectivity index (χ1) is 4.54. The zero-order valence-corrected chi connectivity index (χ0v) is 9.77. The van der Waals surface area contributed by atoms with Crippen LogP contribution in [0, 0.1) is 0 Å². The highest BCUT2D eigenvalue weighted by Crippen LogP contribution is 2.13. The number of likely N-dealkylation sites (N-methyl/N-ethyl adjacent to an activating group) is 1. The first kappa shape index (κ1) is 10.1. The molecular formula is C7H19NOSi. The van der Waals surface area contributed by atoms with Gasteiger partial charge in [0.1, 0.15) is 10.5 Å². The minimum absolute atomic E-state index is 0.0930. The summed E-state index contributed by atoms with van der Waals surface area (Å²) >= 11 is 0. The van der Waals surface area contributed by atoms with Crippen LogP contribution in [0.25, 0.3) is 0 Å². The Labute approximate surface area is 67.1 Å². The molecule has 0 fully saturated rings. The molecule has 0 amide bonds. The van der Waals surface area contributed by atoms with E-state index in [-0.39, 0.29) is 5.60 Å². The third kappa shape index (κ3) is 3.34. The van der Waals surface area contributed by atoms with Gasteiger partial charge in [0.05, 0.1) is 5.60 Å². The minimum atomic E-state index is 0.0930. The van der Waals surface area contributed by atoms with E-state index in [1.807, 2.05) is 0 Å². The van der Waals surface area contributed by atoms with Crippen LogP contribution in [0.1, 0.15) is 20.3 Å². The molecule has 0 aliphatic rings. The SMILES string of the molecule is CCC(C)(CN(C)C)O[SiH3]. The lowest BCUT2D eigenvalue weighted by molar-refractivity contribution is 0.0651. The van der Waals surface area contributed by atoms with Gasteiger partial charge in [-0.2, -0.15) is 0 Å². The van der Waals surface area contributed by atoms with Gasteiger partial charge in [-0.1, -0.05) is 6.92 Å². The molecule has 0 bridgehead atoms. The Kier molecular flexibility index (Phi) is 4.16. The molecule has 0 saturated heterocycles. The highest BCUT2D eigenvalue weighted by atomic mass is 28.2. The second kappa shape index (κ2) is 4.11. The summed E-state index contributed by atoms with van der Waals surface area (Å²) in [5.74, 6) is 0. The van der Waals surface area contributed by atoms with Crippen molar-refractivity contribution in [1.82, 2.24) is 4.90 Å². The molecule has 0 aromatic rings. The minimum Gasteiger partial charge on any atom is -0.421 e. The summed E-state index contributed by atoms with van der Waals surface area (Å²) in [5.41, 5.74) is 0.0930. The molecule has 1 atom stereocenters. The van der Waals surface area contributed by atoms with Crippen LogP contribution in [-0.4, -0.2) is 41.6 Å². The molecule has 62 valence electrons. The van der Waals surface area contributed by atoms with Crippen LogP contribution >= 0.6 is 0 Å². The van der Waals surface area contributed by atoms with Gasteiger partial charge >= 0.3 is 0 Å². The van der Waals surface area contributed by atoms with Crippen LogP contribution in [0.2, 0.25) is 0 Å². The van der Waals surface area contributed by atoms with Gasteiger partial charge in [0.2, 0.25) is 0 Å². The summed E-state index contributed by atoms with van der Waals surface area (Å²) in [4.78, 5) is 2.17. The van der Waals surface area contributed by atoms with Crippen molar-refractivity contribution in [2.45, 2.75) is 25.9 Å². The zero-order valence-electron chi connectivity index (χ0n) is 7.77. The Morgan fingerprint density at radius 1 is 1.50 bits per heavy atom. The van der Waals surface area contributed by atoms with Gasteiger partial charge in [-0.05, 0) is 27.4 Å². The second-order valence-corrected chi connectivity index (χ2v) is 3.65. The van der Waals surface area contributed by atoms with Crippen LogP contribution in [0.15, 0.2) is 0 Å². The van der Waals surface area contributed by atoms with Crippen molar-refractivity contribution < 1.29 is 4.43 Å². The molecule has 10 heavy (non-hydrogen) atoms. The van der Waals surface area contributed by atoms with E-state index in [4.69, 9.17) is 4.43 Å². The number of nitrogens with zero attached hydrogens (tertiary/aromatic N) is 1. The van der Waals surface area contributed by atoms with E-state index < -0.39 is 0 Å². The average Bonchev–Trinajstić information content (AvgIpc) is 1.87. The summed E-state index contributed by atoms with van der Waals surface area (Å²) in [6, 6.07) is 0. The van der Waals surface area contributed by atoms with Crippen molar-refractivity contribution in [3.8, 4) is 0 Å². The topological polar surface area (TPSA) is 12.5 Å². The fourth-order valence-corrected chi connectivity index (χ4v) is 1.41. The Morgan fingerprint density at radius 2 is 2.00 bits per heavy atom. The maximum Gasteiger partial charge on any atom is 0.146 e. The normalized spacial score (nSPS) is 17.7. The highest BCUT2D eigenvalue weighted by molar-refractivity contribution is 5.98. The van der Waals surface area contributed by atoms with E-state index in [1.165, 1.54) is 0 Å². The van der Waals surface area contributed by atoms with E-state index >= 15 is 0 Å². The summed E-state index contributed by atoms with van der Waals surface area (Å²) in [6.07, 6.45) is 1.09. The van der Waals surface area contributed by atoms with Crippen molar-refractivity contribution >= 4 is 10.5 Å².